The van der Waals surface area contributed by atoms with Crippen LogP contribution in [0.5, 0.6) is 0 Å². The van der Waals surface area contributed by atoms with E-state index in [4.69, 9.17) is 11.6 Å². The van der Waals surface area contributed by atoms with Crippen LogP contribution in [0, 0.1) is 0 Å². The summed E-state index contributed by atoms with van der Waals surface area (Å²) < 4.78 is 1.07. The highest BCUT2D eigenvalue weighted by atomic mass is 79.9. The summed E-state index contributed by atoms with van der Waals surface area (Å²) in [7, 11) is 0. The van der Waals surface area contributed by atoms with Crippen molar-refractivity contribution in [3.63, 3.8) is 0 Å². The van der Waals surface area contributed by atoms with Gasteiger partial charge in [-0.25, -0.2) is 0 Å². The number of allylic oxidation sites excluding steroid dienone is 1. The lowest BCUT2D eigenvalue weighted by molar-refractivity contribution is 0.501. The Morgan fingerprint density at radius 1 is 1.53 bits per heavy atom. The van der Waals surface area contributed by atoms with E-state index in [1.54, 1.807) is 0 Å². The van der Waals surface area contributed by atoms with Crippen LogP contribution in [0.3, 0.4) is 0 Å². The van der Waals surface area contributed by atoms with Crippen LogP contribution >= 0.6 is 27.5 Å². The third kappa shape index (κ3) is 4.82. The normalized spacial score (nSPS) is 12.4. The van der Waals surface area contributed by atoms with E-state index in [1.165, 1.54) is 5.56 Å². The van der Waals surface area contributed by atoms with Crippen LogP contribution in [0.15, 0.2) is 35.3 Å². The molecule has 0 aliphatic rings. The predicted molar refractivity (Wildman–Crippen MR) is 79.6 cm³/mol. The Kier molecular flexibility index (Phi) is 6.86. The first-order chi connectivity index (χ1) is 8.19. The van der Waals surface area contributed by atoms with Gasteiger partial charge in [0, 0.05) is 15.5 Å². The molecule has 1 rings (SSSR count). The fraction of sp³-hybridized carbons (Fsp3) is 0.429. The zero-order valence-corrected chi connectivity index (χ0v) is 12.5. The number of hydrogen-bond acceptors (Lipinski definition) is 1. The summed E-state index contributed by atoms with van der Waals surface area (Å²) >= 11 is 9.55. The Labute approximate surface area is 117 Å². The minimum atomic E-state index is 0.361. The van der Waals surface area contributed by atoms with Gasteiger partial charge in [0.1, 0.15) is 0 Å². The fourth-order valence-electron chi connectivity index (χ4n) is 1.75. The second-order valence-electron chi connectivity index (χ2n) is 4.04. The molecule has 1 aromatic carbocycles. The van der Waals surface area contributed by atoms with Crippen molar-refractivity contribution in [3.8, 4) is 0 Å². The molecular formula is C14H19BrClN. The van der Waals surface area contributed by atoms with E-state index in [9.17, 15) is 0 Å². The Balaban J connectivity index is 2.82. The highest BCUT2D eigenvalue weighted by Gasteiger charge is 2.13. The molecule has 0 fully saturated rings. The third-order valence-electron chi connectivity index (χ3n) is 2.64. The van der Waals surface area contributed by atoms with Crippen LogP contribution in [0.25, 0.3) is 0 Å². The van der Waals surface area contributed by atoms with Crippen molar-refractivity contribution < 1.29 is 0 Å². The van der Waals surface area contributed by atoms with Crippen molar-refractivity contribution in [3.05, 3.63) is 45.9 Å². The summed E-state index contributed by atoms with van der Waals surface area (Å²) in [5.41, 5.74) is 1.27. The van der Waals surface area contributed by atoms with E-state index < -0.39 is 0 Å². The summed E-state index contributed by atoms with van der Waals surface area (Å²) in [5.74, 6) is 0. The quantitative estimate of drug-likeness (QED) is 0.689. The number of rotatable bonds is 7. The molecule has 0 heterocycles. The Morgan fingerprint density at radius 2 is 2.29 bits per heavy atom. The van der Waals surface area contributed by atoms with E-state index in [1.807, 2.05) is 18.2 Å². The van der Waals surface area contributed by atoms with Crippen LogP contribution < -0.4 is 5.32 Å². The molecule has 0 bridgehead atoms. The topological polar surface area (TPSA) is 12.0 Å². The molecule has 0 aliphatic carbocycles. The van der Waals surface area contributed by atoms with Gasteiger partial charge in [0.2, 0.25) is 0 Å². The van der Waals surface area contributed by atoms with Gasteiger partial charge in [-0.1, -0.05) is 46.6 Å². The molecule has 3 heteroatoms. The van der Waals surface area contributed by atoms with Crippen LogP contribution in [0.2, 0.25) is 5.02 Å². The number of nitrogens with one attached hydrogen (secondary N) is 1. The average Bonchev–Trinajstić information content (AvgIpc) is 2.30. The maximum atomic E-state index is 5.96. The summed E-state index contributed by atoms with van der Waals surface area (Å²) in [6.45, 7) is 6.98. The van der Waals surface area contributed by atoms with Gasteiger partial charge in [-0.2, -0.15) is 0 Å². The van der Waals surface area contributed by atoms with Crippen LogP contribution in [-0.4, -0.2) is 6.54 Å². The van der Waals surface area contributed by atoms with Gasteiger partial charge < -0.3 is 5.32 Å². The van der Waals surface area contributed by atoms with E-state index in [0.29, 0.717) is 6.04 Å². The fourth-order valence-corrected chi connectivity index (χ4v) is 2.71. The summed E-state index contributed by atoms with van der Waals surface area (Å²) in [6.07, 6.45) is 5.17. The smallest absolute Gasteiger partial charge is 0.0417 e. The molecule has 1 aromatic rings. The van der Waals surface area contributed by atoms with Gasteiger partial charge >= 0.3 is 0 Å². The van der Waals surface area contributed by atoms with Crippen LogP contribution in [-0.2, 0) is 0 Å². The molecule has 0 amide bonds. The highest BCUT2D eigenvalue weighted by Crippen LogP contribution is 2.29. The summed E-state index contributed by atoms with van der Waals surface area (Å²) in [5, 5.41) is 4.32. The molecule has 0 spiro atoms. The largest absolute Gasteiger partial charge is 0.310 e. The molecule has 1 atom stereocenters. The molecule has 94 valence electrons. The van der Waals surface area contributed by atoms with E-state index in [2.05, 4.69) is 40.8 Å². The van der Waals surface area contributed by atoms with Crippen molar-refractivity contribution in [1.82, 2.24) is 5.32 Å². The predicted octanol–water partition coefficient (Wildman–Crippen LogP) is 5.11. The second kappa shape index (κ2) is 7.91. The van der Waals surface area contributed by atoms with Crippen LogP contribution in [0.1, 0.15) is 37.8 Å². The number of benzene rings is 1. The van der Waals surface area contributed by atoms with Crippen molar-refractivity contribution in [2.45, 2.75) is 32.2 Å². The molecule has 0 aliphatic heterocycles. The molecule has 1 nitrogen and oxygen atoms in total. The minimum Gasteiger partial charge on any atom is -0.310 e. The standard InChI is InChI=1S/C14H19BrClN/c1-3-5-6-14(17-9-4-2)12-8-7-11(16)10-13(12)15/h3,7-8,10,14,17H,1,4-6,9H2,2H3. The lowest BCUT2D eigenvalue weighted by atomic mass is 10.0. The first-order valence-electron chi connectivity index (χ1n) is 5.98. The zero-order chi connectivity index (χ0) is 12.7. The minimum absolute atomic E-state index is 0.361. The monoisotopic (exact) mass is 315 g/mol. The van der Waals surface area contributed by atoms with Gasteiger partial charge in [-0.05, 0) is 43.5 Å². The third-order valence-corrected chi connectivity index (χ3v) is 3.56. The zero-order valence-electron chi connectivity index (χ0n) is 10.2. The van der Waals surface area contributed by atoms with E-state index >= 15 is 0 Å². The molecule has 17 heavy (non-hydrogen) atoms. The first kappa shape index (κ1) is 14.7. The SMILES string of the molecule is C=CCCC(NCCC)c1ccc(Cl)cc1Br. The van der Waals surface area contributed by atoms with Gasteiger partial charge in [-0.3, -0.25) is 0 Å². The van der Waals surface area contributed by atoms with Crippen molar-refractivity contribution in [2.75, 3.05) is 6.54 Å². The molecule has 0 aromatic heterocycles. The van der Waals surface area contributed by atoms with Crippen molar-refractivity contribution >= 4 is 27.5 Å². The molecule has 0 saturated carbocycles. The molecule has 0 saturated heterocycles. The Morgan fingerprint density at radius 3 is 2.88 bits per heavy atom. The second-order valence-corrected chi connectivity index (χ2v) is 5.33. The van der Waals surface area contributed by atoms with Crippen LogP contribution in [0.4, 0.5) is 0 Å². The summed E-state index contributed by atoms with van der Waals surface area (Å²) in [4.78, 5) is 0. The Bertz CT molecular complexity index is 365. The molecule has 0 radical (unpaired) electrons. The highest BCUT2D eigenvalue weighted by molar-refractivity contribution is 9.10. The maximum Gasteiger partial charge on any atom is 0.0417 e. The van der Waals surface area contributed by atoms with E-state index in [0.717, 1.165) is 35.3 Å². The molecule has 1 N–H and O–H groups in total. The molecular weight excluding hydrogens is 298 g/mol. The Hall–Kier alpha value is -0.310. The number of hydrogen-bond donors (Lipinski definition) is 1. The van der Waals surface area contributed by atoms with E-state index in [-0.39, 0.29) is 0 Å². The van der Waals surface area contributed by atoms with Gasteiger partial charge in [0.05, 0.1) is 0 Å². The average molecular weight is 317 g/mol. The van der Waals surface area contributed by atoms with Crippen molar-refractivity contribution in [1.29, 1.82) is 0 Å². The van der Waals surface area contributed by atoms with Gasteiger partial charge in [0.25, 0.3) is 0 Å². The molecule has 1 unspecified atom stereocenters. The van der Waals surface area contributed by atoms with Gasteiger partial charge in [0.15, 0.2) is 0 Å². The number of halogens is 2. The maximum absolute atomic E-state index is 5.96. The first-order valence-corrected chi connectivity index (χ1v) is 7.15. The van der Waals surface area contributed by atoms with Crippen molar-refractivity contribution in [2.24, 2.45) is 0 Å². The lowest BCUT2D eigenvalue weighted by Gasteiger charge is -2.20. The summed E-state index contributed by atoms with van der Waals surface area (Å²) in [6, 6.07) is 6.34. The lowest BCUT2D eigenvalue weighted by Crippen LogP contribution is -2.22. The van der Waals surface area contributed by atoms with Gasteiger partial charge in [-0.15, -0.1) is 6.58 Å².